The van der Waals surface area contributed by atoms with Crippen LogP contribution in [0.5, 0.6) is 0 Å². The Kier molecular flexibility index (Phi) is 4.99. The van der Waals surface area contributed by atoms with Gasteiger partial charge in [-0.05, 0) is 24.1 Å². The Bertz CT molecular complexity index is 506. The Labute approximate surface area is 114 Å². The van der Waals surface area contributed by atoms with Gasteiger partial charge in [0.2, 0.25) is 0 Å². The molecule has 0 amide bonds. The van der Waals surface area contributed by atoms with Gasteiger partial charge >= 0.3 is 0 Å². The van der Waals surface area contributed by atoms with E-state index >= 15 is 0 Å². The highest BCUT2D eigenvalue weighted by atomic mass is 15.2. The highest BCUT2D eigenvalue weighted by Crippen LogP contribution is 2.05. The lowest BCUT2D eigenvalue weighted by atomic mass is 10.1. The van der Waals surface area contributed by atoms with Crippen molar-refractivity contribution in [2.75, 3.05) is 12.4 Å². The molecule has 2 aromatic carbocycles. The number of hydrogen-bond donors (Lipinski definition) is 2. The first-order valence-corrected chi connectivity index (χ1v) is 6.29. The number of anilines is 1. The predicted octanol–water partition coefficient (Wildman–Crippen LogP) is 3.08. The molecule has 0 aliphatic rings. The van der Waals surface area contributed by atoms with E-state index in [1.807, 2.05) is 55.1 Å². The van der Waals surface area contributed by atoms with Gasteiger partial charge in [-0.25, -0.2) is 0 Å². The molecule has 0 unspecified atom stereocenters. The van der Waals surface area contributed by atoms with Crippen molar-refractivity contribution < 1.29 is 0 Å². The maximum Gasteiger partial charge on any atom is 0.195 e. The molecule has 0 saturated carbocycles. The van der Waals surface area contributed by atoms with E-state index in [1.54, 1.807) is 7.05 Å². The maximum atomic E-state index is 4.18. The van der Waals surface area contributed by atoms with Gasteiger partial charge in [-0.1, -0.05) is 48.5 Å². The van der Waals surface area contributed by atoms with Gasteiger partial charge in [0.25, 0.3) is 0 Å². The van der Waals surface area contributed by atoms with Gasteiger partial charge in [0.05, 0.1) is 6.54 Å². The quantitative estimate of drug-likeness (QED) is 0.648. The summed E-state index contributed by atoms with van der Waals surface area (Å²) in [5, 5.41) is 6.40. The molecule has 2 N–H and O–H groups in total. The Hall–Kier alpha value is -2.29. The van der Waals surface area contributed by atoms with Crippen LogP contribution in [0.3, 0.4) is 0 Å². The summed E-state index contributed by atoms with van der Waals surface area (Å²) in [5.74, 6) is 0.738. The third-order valence-corrected chi connectivity index (χ3v) is 2.68. The highest BCUT2D eigenvalue weighted by Gasteiger charge is 1.98. The van der Waals surface area contributed by atoms with E-state index in [1.165, 1.54) is 5.56 Å². The van der Waals surface area contributed by atoms with E-state index < -0.39 is 0 Å². The van der Waals surface area contributed by atoms with Crippen LogP contribution in [0.1, 0.15) is 5.56 Å². The van der Waals surface area contributed by atoms with E-state index in [0.29, 0.717) is 0 Å². The Balaban J connectivity index is 1.81. The van der Waals surface area contributed by atoms with Crippen molar-refractivity contribution in [1.82, 2.24) is 5.32 Å². The predicted molar refractivity (Wildman–Crippen MR) is 81.0 cm³/mol. The Morgan fingerprint density at radius 2 is 1.63 bits per heavy atom. The molecule has 3 nitrogen and oxygen atoms in total. The largest absolute Gasteiger partial charge is 0.351 e. The molecular weight excluding hydrogens is 234 g/mol. The molecule has 0 fully saturated rings. The minimum atomic E-state index is 0.738. The monoisotopic (exact) mass is 252 g/mol. The Morgan fingerprint density at radius 1 is 1.00 bits per heavy atom. The summed E-state index contributed by atoms with van der Waals surface area (Å²) in [6, 6.07) is 20.3. The first kappa shape index (κ1) is 13.1. The third kappa shape index (κ3) is 4.47. The molecule has 2 rings (SSSR count). The molecule has 0 aliphatic heterocycles. The lowest BCUT2D eigenvalue weighted by Gasteiger charge is -2.11. The van der Waals surface area contributed by atoms with Crippen LogP contribution in [0.4, 0.5) is 5.69 Å². The van der Waals surface area contributed by atoms with Gasteiger partial charge in [0.1, 0.15) is 0 Å². The molecule has 0 atom stereocenters. The van der Waals surface area contributed by atoms with Gasteiger partial charge in [0, 0.05) is 12.7 Å². The first-order valence-electron chi connectivity index (χ1n) is 6.29. The van der Waals surface area contributed by atoms with Gasteiger partial charge in [-0.3, -0.25) is 4.99 Å². The maximum absolute atomic E-state index is 4.18. The molecule has 0 aromatic heterocycles. The fourth-order valence-electron chi connectivity index (χ4n) is 1.69. The van der Waals surface area contributed by atoms with Crippen molar-refractivity contribution >= 4 is 11.6 Å². The second-order valence-electron chi connectivity index (χ2n) is 4.10. The summed E-state index contributed by atoms with van der Waals surface area (Å²) in [6.07, 6.45) is 0.857. The van der Waals surface area contributed by atoms with Crippen LogP contribution in [0.2, 0.25) is 0 Å². The summed E-state index contributed by atoms with van der Waals surface area (Å²) in [4.78, 5) is 4.18. The smallest absolute Gasteiger partial charge is 0.195 e. The fraction of sp³-hybridized carbons (Fsp3) is 0.125. The molecule has 0 spiro atoms. The van der Waals surface area contributed by atoms with E-state index in [-0.39, 0.29) is 0 Å². The van der Waals surface area contributed by atoms with Crippen LogP contribution >= 0.6 is 0 Å². The molecule has 0 aliphatic carbocycles. The lowest BCUT2D eigenvalue weighted by molar-refractivity contribution is 0.991. The minimum Gasteiger partial charge on any atom is -0.351 e. The summed E-state index contributed by atoms with van der Waals surface area (Å²) in [6.45, 7) is 1.99. The topological polar surface area (TPSA) is 36.4 Å². The number of guanidine groups is 1. The van der Waals surface area contributed by atoms with Crippen molar-refractivity contribution in [1.29, 1.82) is 0 Å². The van der Waals surface area contributed by atoms with Crippen LogP contribution in [0, 0.1) is 6.54 Å². The summed E-state index contributed by atoms with van der Waals surface area (Å²) < 4.78 is 0. The lowest BCUT2D eigenvalue weighted by Crippen LogP contribution is -2.29. The van der Waals surface area contributed by atoms with Gasteiger partial charge in [-0.15, -0.1) is 0 Å². The van der Waals surface area contributed by atoms with E-state index in [0.717, 1.165) is 18.1 Å². The average Bonchev–Trinajstić information content (AvgIpc) is 2.48. The van der Waals surface area contributed by atoms with Crippen LogP contribution in [0.25, 0.3) is 0 Å². The van der Waals surface area contributed by atoms with Crippen LogP contribution in [-0.2, 0) is 6.42 Å². The molecule has 19 heavy (non-hydrogen) atoms. The normalized spacial score (nSPS) is 11.1. The molecule has 3 heteroatoms. The summed E-state index contributed by atoms with van der Waals surface area (Å²) in [5.41, 5.74) is 2.29. The van der Waals surface area contributed by atoms with Gasteiger partial charge in [-0.2, -0.15) is 0 Å². The third-order valence-electron chi connectivity index (χ3n) is 2.68. The molecule has 97 valence electrons. The zero-order valence-electron chi connectivity index (χ0n) is 11.0. The van der Waals surface area contributed by atoms with Crippen molar-refractivity contribution in [2.24, 2.45) is 4.99 Å². The molecular formula is C16H18N3. The van der Waals surface area contributed by atoms with Crippen LogP contribution < -0.4 is 10.6 Å². The summed E-state index contributed by atoms with van der Waals surface area (Å²) >= 11 is 0. The SMILES string of the molecule is CN=C(N[CH]Cc1ccccc1)Nc1ccccc1. The zero-order valence-corrected chi connectivity index (χ0v) is 11.0. The standard InChI is InChI=1S/C16H18N3/c1-17-16(19-15-10-6-3-7-11-15)18-13-12-14-8-4-2-5-9-14/h2-11,13H,12H2,1H3,(H2,17,18,19). The first-order chi connectivity index (χ1) is 9.38. The number of hydrogen-bond acceptors (Lipinski definition) is 1. The minimum absolute atomic E-state index is 0.738. The Morgan fingerprint density at radius 3 is 2.26 bits per heavy atom. The van der Waals surface area contributed by atoms with Gasteiger partial charge < -0.3 is 10.6 Å². The summed E-state index contributed by atoms with van der Waals surface area (Å²) in [7, 11) is 1.76. The van der Waals surface area contributed by atoms with Gasteiger partial charge in [0.15, 0.2) is 5.96 Å². The molecule has 2 aromatic rings. The van der Waals surface area contributed by atoms with Crippen LogP contribution in [0.15, 0.2) is 65.7 Å². The molecule has 0 bridgehead atoms. The van der Waals surface area contributed by atoms with E-state index in [4.69, 9.17) is 0 Å². The average molecular weight is 252 g/mol. The van der Waals surface area contributed by atoms with E-state index in [9.17, 15) is 0 Å². The number of rotatable bonds is 4. The molecule has 1 radical (unpaired) electrons. The van der Waals surface area contributed by atoms with Crippen LogP contribution in [-0.4, -0.2) is 13.0 Å². The number of benzene rings is 2. The fourth-order valence-corrected chi connectivity index (χ4v) is 1.69. The number of para-hydroxylation sites is 1. The van der Waals surface area contributed by atoms with Crippen molar-refractivity contribution in [2.45, 2.75) is 6.42 Å². The van der Waals surface area contributed by atoms with Crippen molar-refractivity contribution in [3.63, 3.8) is 0 Å². The number of nitrogens with one attached hydrogen (secondary N) is 2. The number of nitrogens with zero attached hydrogens (tertiary/aromatic N) is 1. The molecule has 0 heterocycles. The highest BCUT2D eigenvalue weighted by molar-refractivity contribution is 5.93. The second-order valence-corrected chi connectivity index (χ2v) is 4.10. The molecule has 0 saturated heterocycles. The number of aliphatic imine (C=N–C) groups is 1. The van der Waals surface area contributed by atoms with E-state index in [2.05, 4.69) is 27.8 Å². The zero-order chi connectivity index (χ0) is 13.3. The second kappa shape index (κ2) is 7.21. The van der Waals surface area contributed by atoms with Crippen molar-refractivity contribution in [3.05, 3.63) is 72.8 Å². The van der Waals surface area contributed by atoms with Crippen molar-refractivity contribution in [3.8, 4) is 0 Å².